The molecule has 0 aromatic heterocycles. The standard InChI is InChI=1S/C10H11N3O7/c1-5-6(2)10(12(16)17)8(4-20-13(18)19)7(3)9(5)11(14)15/h4H2,1-3H3. The zero-order valence-corrected chi connectivity index (χ0v) is 10.9. The lowest BCUT2D eigenvalue weighted by molar-refractivity contribution is -0.763. The molecule has 0 spiro atoms. The molecule has 0 aliphatic rings. The normalized spacial score (nSPS) is 10.2. The minimum absolute atomic E-state index is 0.00773. The Morgan fingerprint density at radius 2 is 1.30 bits per heavy atom. The highest BCUT2D eigenvalue weighted by Gasteiger charge is 2.30. The summed E-state index contributed by atoms with van der Waals surface area (Å²) in [5, 5.41) is 31.2. The first-order valence-electron chi connectivity index (χ1n) is 5.37. The molecule has 10 nitrogen and oxygen atoms in total. The average Bonchev–Trinajstić information content (AvgIpc) is 2.30. The van der Waals surface area contributed by atoms with Crippen LogP contribution in [0.15, 0.2) is 0 Å². The van der Waals surface area contributed by atoms with Gasteiger partial charge in [0.25, 0.3) is 16.5 Å². The van der Waals surface area contributed by atoms with E-state index < -0.39 is 27.2 Å². The van der Waals surface area contributed by atoms with E-state index in [2.05, 4.69) is 4.84 Å². The molecule has 1 rings (SSSR count). The van der Waals surface area contributed by atoms with Gasteiger partial charge in [0.2, 0.25) is 0 Å². The average molecular weight is 285 g/mol. The van der Waals surface area contributed by atoms with Crippen LogP contribution < -0.4 is 0 Å². The van der Waals surface area contributed by atoms with E-state index in [4.69, 9.17) is 0 Å². The zero-order valence-electron chi connectivity index (χ0n) is 10.9. The Bertz CT molecular complexity index is 612. The lowest BCUT2D eigenvalue weighted by Crippen LogP contribution is -2.10. The topological polar surface area (TPSA) is 139 Å². The first-order valence-corrected chi connectivity index (χ1v) is 5.37. The maximum atomic E-state index is 11.1. The molecule has 108 valence electrons. The first-order chi connectivity index (χ1) is 9.18. The molecule has 10 heteroatoms. The summed E-state index contributed by atoms with van der Waals surface area (Å²) in [6.45, 7) is 3.34. The van der Waals surface area contributed by atoms with Crippen molar-refractivity contribution >= 4 is 11.4 Å². The van der Waals surface area contributed by atoms with Crippen molar-refractivity contribution in [1.82, 2.24) is 0 Å². The lowest BCUT2D eigenvalue weighted by Gasteiger charge is -2.11. The van der Waals surface area contributed by atoms with Crippen LogP contribution in [0.1, 0.15) is 22.3 Å². The fourth-order valence-electron chi connectivity index (χ4n) is 2.00. The van der Waals surface area contributed by atoms with E-state index in [9.17, 15) is 30.3 Å². The van der Waals surface area contributed by atoms with Crippen LogP contribution in [-0.2, 0) is 11.4 Å². The monoisotopic (exact) mass is 285 g/mol. The number of nitrogens with zero attached hydrogens (tertiary/aromatic N) is 3. The van der Waals surface area contributed by atoms with Crippen molar-refractivity contribution < 1.29 is 19.8 Å². The van der Waals surface area contributed by atoms with Crippen LogP contribution >= 0.6 is 0 Å². The third-order valence-electron chi connectivity index (χ3n) is 3.05. The molecule has 0 aliphatic carbocycles. The summed E-state index contributed by atoms with van der Waals surface area (Å²) in [7, 11) is 0. The third kappa shape index (κ3) is 2.63. The predicted molar refractivity (Wildman–Crippen MR) is 65.7 cm³/mol. The number of nitro benzene ring substituents is 2. The molecule has 0 amide bonds. The van der Waals surface area contributed by atoms with Crippen molar-refractivity contribution in [3.8, 4) is 0 Å². The van der Waals surface area contributed by atoms with Crippen LogP contribution in [0.25, 0.3) is 0 Å². The van der Waals surface area contributed by atoms with Crippen LogP contribution in [0.4, 0.5) is 11.4 Å². The molecule has 1 aromatic rings. The largest absolute Gasteiger partial charge is 0.309 e. The summed E-state index contributed by atoms with van der Waals surface area (Å²) in [5.41, 5.74) is -0.617. The summed E-state index contributed by atoms with van der Waals surface area (Å²) in [4.78, 5) is 35.1. The molecular weight excluding hydrogens is 274 g/mol. The van der Waals surface area contributed by atoms with Gasteiger partial charge in [-0.25, -0.2) is 0 Å². The van der Waals surface area contributed by atoms with Crippen LogP contribution in [0, 0.1) is 51.1 Å². The third-order valence-corrected chi connectivity index (χ3v) is 3.05. The molecule has 0 heterocycles. The Labute approximate surface area is 112 Å². The molecule has 0 saturated heterocycles. The molecule has 0 unspecified atom stereocenters. The van der Waals surface area contributed by atoms with Crippen molar-refractivity contribution in [2.75, 3.05) is 0 Å². The first kappa shape index (κ1) is 15.3. The summed E-state index contributed by atoms with van der Waals surface area (Å²) >= 11 is 0. The molecule has 0 aliphatic heterocycles. The predicted octanol–water partition coefficient (Wildman–Crippen LogP) is 2.14. The second-order valence-corrected chi connectivity index (χ2v) is 4.06. The van der Waals surface area contributed by atoms with Gasteiger partial charge < -0.3 is 4.84 Å². The van der Waals surface area contributed by atoms with Gasteiger partial charge in [0.1, 0.15) is 6.61 Å². The summed E-state index contributed by atoms with van der Waals surface area (Å²) < 4.78 is 0. The van der Waals surface area contributed by atoms with Gasteiger partial charge in [-0.05, 0) is 20.8 Å². The van der Waals surface area contributed by atoms with E-state index in [1.54, 1.807) is 0 Å². The van der Waals surface area contributed by atoms with Gasteiger partial charge in [-0.15, -0.1) is 10.1 Å². The minimum Gasteiger partial charge on any atom is -0.309 e. The summed E-state index contributed by atoms with van der Waals surface area (Å²) in [6, 6.07) is 0. The van der Waals surface area contributed by atoms with E-state index in [0.29, 0.717) is 0 Å². The highest BCUT2D eigenvalue weighted by atomic mass is 16.9. The van der Waals surface area contributed by atoms with Gasteiger partial charge in [-0.2, -0.15) is 0 Å². The van der Waals surface area contributed by atoms with Gasteiger partial charge in [0.05, 0.1) is 15.4 Å². The van der Waals surface area contributed by atoms with E-state index in [0.717, 1.165) is 0 Å². The van der Waals surface area contributed by atoms with Crippen molar-refractivity contribution in [2.45, 2.75) is 27.4 Å². The Morgan fingerprint density at radius 3 is 1.70 bits per heavy atom. The van der Waals surface area contributed by atoms with Crippen molar-refractivity contribution in [3.63, 3.8) is 0 Å². The van der Waals surface area contributed by atoms with Crippen molar-refractivity contribution in [2.24, 2.45) is 0 Å². The van der Waals surface area contributed by atoms with Gasteiger partial charge in [-0.3, -0.25) is 20.2 Å². The molecule has 0 N–H and O–H groups in total. The molecule has 1 aromatic carbocycles. The second-order valence-electron chi connectivity index (χ2n) is 4.06. The van der Waals surface area contributed by atoms with Crippen molar-refractivity contribution in [3.05, 3.63) is 52.6 Å². The highest BCUT2D eigenvalue weighted by molar-refractivity contribution is 5.64. The summed E-state index contributed by atoms with van der Waals surface area (Å²) in [5.74, 6) is 0. The Morgan fingerprint density at radius 1 is 0.850 bits per heavy atom. The second kappa shape index (κ2) is 5.47. The minimum atomic E-state index is -1.11. The molecular formula is C10H11N3O7. The molecule has 0 fully saturated rings. The van der Waals surface area contributed by atoms with Crippen LogP contribution in [0.5, 0.6) is 0 Å². The van der Waals surface area contributed by atoms with Gasteiger partial charge in [-0.1, -0.05) is 0 Å². The number of nitro groups is 2. The molecule has 0 atom stereocenters. The molecule has 0 saturated carbocycles. The van der Waals surface area contributed by atoms with E-state index in [1.807, 2.05) is 0 Å². The SMILES string of the molecule is Cc1c(C)c([N+](=O)[O-])c(CO[N+](=O)[O-])c(C)c1[N+](=O)[O-]. The highest BCUT2D eigenvalue weighted by Crippen LogP contribution is 2.37. The molecule has 0 bridgehead atoms. The molecule has 20 heavy (non-hydrogen) atoms. The fourth-order valence-corrected chi connectivity index (χ4v) is 2.00. The number of benzene rings is 1. The smallest absolute Gasteiger partial charge is 0.294 e. The maximum absolute atomic E-state index is 11.1. The fraction of sp³-hybridized carbons (Fsp3) is 0.400. The Balaban J connectivity index is 3.63. The van der Waals surface area contributed by atoms with E-state index in [1.165, 1.54) is 20.8 Å². The van der Waals surface area contributed by atoms with E-state index in [-0.39, 0.29) is 27.9 Å². The molecule has 0 radical (unpaired) electrons. The number of hydrogen-bond acceptors (Lipinski definition) is 7. The zero-order chi connectivity index (χ0) is 15.6. The number of hydrogen-bond donors (Lipinski definition) is 0. The van der Waals surface area contributed by atoms with Gasteiger partial charge in [0.15, 0.2) is 0 Å². The lowest BCUT2D eigenvalue weighted by atomic mass is 9.96. The number of rotatable bonds is 5. The van der Waals surface area contributed by atoms with Crippen molar-refractivity contribution in [1.29, 1.82) is 0 Å². The van der Waals surface area contributed by atoms with Crippen LogP contribution in [0.3, 0.4) is 0 Å². The van der Waals surface area contributed by atoms with E-state index >= 15 is 0 Å². The Kier molecular flexibility index (Phi) is 4.17. The Hall–Kier alpha value is -2.78. The van der Waals surface area contributed by atoms with Gasteiger partial charge in [0, 0.05) is 16.7 Å². The van der Waals surface area contributed by atoms with Gasteiger partial charge >= 0.3 is 0 Å². The quantitative estimate of drug-likeness (QED) is 0.596. The van der Waals surface area contributed by atoms with Crippen LogP contribution in [-0.4, -0.2) is 14.9 Å². The summed E-state index contributed by atoms with van der Waals surface area (Å²) in [6.07, 6.45) is 0. The maximum Gasteiger partial charge on any atom is 0.294 e. The van der Waals surface area contributed by atoms with Crippen LogP contribution in [0.2, 0.25) is 0 Å².